The van der Waals surface area contributed by atoms with E-state index in [-0.39, 0.29) is 0 Å². The van der Waals surface area contributed by atoms with Crippen molar-refractivity contribution >= 4 is 5.57 Å². The van der Waals surface area contributed by atoms with Crippen LogP contribution in [-0.2, 0) is 0 Å². The predicted molar refractivity (Wildman–Crippen MR) is 114 cm³/mol. The normalized spacial score (nSPS) is 11.9. The van der Waals surface area contributed by atoms with Crippen LogP contribution in [0.2, 0.25) is 0 Å². The fourth-order valence-corrected chi connectivity index (χ4v) is 2.84. The molecule has 152 valence electrons. The van der Waals surface area contributed by atoms with Crippen molar-refractivity contribution in [1.29, 1.82) is 0 Å². The third-order valence-electron chi connectivity index (χ3n) is 4.41. The lowest BCUT2D eigenvalue weighted by Crippen LogP contribution is -2.09. The first-order valence-corrected chi connectivity index (χ1v) is 9.72. The van der Waals surface area contributed by atoms with Crippen molar-refractivity contribution < 1.29 is 13.9 Å². The topological polar surface area (TPSA) is 70.5 Å². The van der Waals surface area contributed by atoms with E-state index in [1.165, 1.54) is 6.92 Å². The summed E-state index contributed by atoms with van der Waals surface area (Å²) in [5.74, 6) is 1.40. The summed E-state index contributed by atoms with van der Waals surface area (Å²) >= 11 is 0. The molecule has 0 aliphatic carbocycles. The van der Waals surface area contributed by atoms with E-state index >= 15 is 0 Å². The van der Waals surface area contributed by atoms with Crippen molar-refractivity contribution in [3.63, 3.8) is 0 Å². The lowest BCUT2D eigenvalue weighted by molar-refractivity contribution is 0.298. The van der Waals surface area contributed by atoms with Gasteiger partial charge in [0.25, 0.3) is 0 Å². The molecule has 0 amide bonds. The Morgan fingerprint density at radius 2 is 1.68 bits per heavy atom. The molecule has 1 atom stereocenters. The maximum absolute atomic E-state index is 13.8. The van der Waals surface area contributed by atoms with Crippen LogP contribution in [-0.4, -0.2) is 26.3 Å². The van der Waals surface area contributed by atoms with Gasteiger partial charge in [-0.3, -0.25) is 0 Å². The van der Waals surface area contributed by atoms with Crippen LogP contribution in [0.4, 0.5) is 4.39 Å². The van der Waals surface area contributed by atoms with Gasteiger partial charge in [-0.2, -0.15) is 0 Å². The van der Waals surface area contributed by atoms with Gasteiger partial charge in [0.05, 0.1) is 13.2 Å². The number of halogens is 1. The van der Waals surface area contributed by atoms with Gasteiger partial charge in [0, 0.05) is 17.2 Å². The highest BCUT2D eigenvalue weighted by molar-refractivity contribution is 5.79. The number of alkyl halides is 1. The molecule has 1 unspecified atom stereocenters. The standard InChI is InChI=1S/C23H31FN2O2/c1-16(2)20-14-21(19-8-4-7-18(13-19)17(3)24)23(28-12-6-10-26)15-22(20)27-11-5-9-25/h4,7-8,13-15,17H,1,5-6,9-12,25-26H2,2-3H3. The first-order chi connectivity index (χ1) is 13.5. The molecular formula is C23H31FN2O2. The van der Waals surface area contributed by atoms with Crippen LogP contribution in [0.25, 0.3) is 16.7 Å². The summed E-state index contributed by atoms with van der Waals surface area (Å²) in [4.78, 5) is 0. The Hall–Kier alpha value is -2.37. The van der Waals surface area contributed by atoms with Crippen LogP contribution in [0.15, 0.2) is 43.0 Å². The zero-order valence-corrected chi connectivity index (χ0v) is 16.8. The first-order valence-electron chi connectivity index (χ1n) is 9.72. The third kappa shape index (κ3) is 5.81. The minimum absolute atomic E-state index is 0.497. The molecule has 0 bridgehead atoms. The number of rotatable bonds is 11. The molecule has 0 fully saturated rings. The fourth-order valence-electron chi connectivity index (χ4n) is 2.84. The quantitative estimate of drug-likeness (QED) is 0.540. The Balaban J connectivity index is 2.52. The predicted octanol–water partition coefficient (Wildman–Crippen LogP) is 4.87. The Morgan fingerprint density at radius 3 is 2.25 bits per heavy atom. The van der Waals surface area contributed by atoms with E-state index in [0.29, 0.717) is 43.4 Å². The van der Waals surface area contributed by atoms with Gasteiger partial charge in [-0.05, 0) is 68.6 Å². The fraction of sp³-hybridized carbons (Fsp3) is 0.391. The van der Waals surface area contributed by atoms with Gasteiger partial charge in [-0.1, -0.05) is 24.8 Å². The Kier molecular flexibility index (Phi) is 8.48. The molecule has 2 aromatic rings. The minimum Gasteiger partial charge on any atom is -0.493 e. The number of allylic oxidation sites excluding steroid dienone is 1. The van der Waals surface area contributed by atoms with Crippen molar-refractivity contribution in [3.05, 3.63) is 54.1 Å². The number of hydrogen-bond acceptors (Lipinski definition) is 4. The van der Waals surface area contributed by atoms with E-state index in [2.05, 4.69) is 6.58 Å². The number of hydrogen-bond donors (Lipinski definition) is 2. The van der Waals surface area contributed by atoms with Gasteiger partial charge in [-0.15, -0.1) is 0 Å². The monoisotopic (exact) mass is 386 g/mol. The molecule has 0 radical (unpaired) electrons. The molecule has 2 rings (SSSR count). The summed E-state index contributed by atoms with van der Waals surface area (Å²) in [5.41, 5.74) is 15.4. The Labute approximate surface area is 167 Å². The molecule has 4 nitrogen and oxygen atoms in total. The minimum atomic E-state index is -1.04. The molecular weight excluding hydrogens is 355 g/mol. The molecule has 0 spiro atoms. The zero-order chi connectivity index (χ0) is 20.5. The van der Waals surface area contributed by atoms with Crippen molar-refractivity contribution in [1.82, 2.24) is 0 Å². The molecule has 0 aliphatic rings. The number of ether oxygens (including phenoxy) is 2. The van der Waals surface area contributed by atoms with Gasteiger partial charge in [0.2, 0.25) is 0 Å². The molecule has 0 aliphatic heterocycles. The molecule has 0 aromatic heterocycles. The Bertz CT molecular complexity index is 790. The average molecular weight is 387 g/mol. The zero-order valence-electron chi connectivity index (χ0n) is 16.8. The molecule has 2 aromatic carbocycles. The molecule has 0 saturated carbocycles. The number of nitrogens with two attached hydrogens (primary N) is 2. The molecule has 0 saturated heterocycles. The van der Waals surface area contributed by atoms with Gasteiger partial charge in [0.15, 0.2) is 0 Å². The highest BCUT2D eigenvalue weighted by atomic mass is 19.1. The molecule has 28 heavy (non-hydrogen) atoms. The van der Waals surface area contributed by atoms with Crippen LogP contribution < -0.4 is 20.9 Å². The van der Waals surface area contributed by atoms with Gasteiger partial charge < -0.3 is 20.9 Å². The second-order valence-corrected chi connectivity index (χ2v) is 6.85. The largest absolute Gasteiger partial charge is 0.493 e. The second kappa shape index (κ2) is 10.8. The van der Waals surface area contributed by atoms with Crippen LogP contribution in [0.5, 0.6) is 11.5 Å². The van der Waals surface area contributed by atoms with Crippen molar-refractivity contribution in [2.24, 2.45) is 11.5 Å². The van der Waals surface area contributed by atoms with Gasteiger partial charge >= 0.3 is 0 Å². The summed E-state index contributed by atoms with van der Waals surface area (Å²) in [5, 5.41) is 0. The van der Waals surface area contributed by atoms with Crippen molar-refractivity contribution in [2.75, 3.05) is 26.3 Å². The van der Waals surface area contributed by atoms with E-state index in [1.54, 1.807) is 6.07 Å². The summed E-state index contributed by atoms with van der Waals surface area (Å²) in [6.45, 7) is 9.68. The van der Waals surface area contributed by atoms with Crippen LogP contribution in [0.3, 0.4) is 0 Å². The van der Waals surface area contributed by atoms with Gasteiger partial charge in [-0.25, -0.2) is 4.39 Å². The van der Waals surface area contributed by atoms with Crippen molar-refractivity contribution in [3.8, 4) is 22.6 Å². The summed E-state index contributed by atoms with van der Waals surface area (Å²) in [7, 11) is 0. The van der Waals surface area contributed by atoms with Crippen LogP contribution in [0.1, 0.15) is 44.0 Å². The maximum Gasteiger partial charge on any atom is 0.130 e. The van der Waals surface area contributed by atoms with Gasteiger partial charge in [0.1, 0.15) is 17.7 Å². The first kappa shape index (κ1) is 21.9. The average Bonchev–Trinajstić information content (AvgIpc) is 2.68. The van der Waals surface area contributed by atoms with E-state index < -0.39 is 6.17 Å². The lowest BCUT2D eigenvalue weighted by Gasteiger charge is -2.18. The van der Waals surface area contributed by atoms with Crippen molar-refractivity contribution in [2.45, 2.75) is 32.9 Å². The van der Waals surface area contributed by atoms with E-state index in [4.69, 9.17) is 20.9 Å². The number of benzene rings is 2. The smallest absolute Gasteiger partial charge is 0.130 e. The second-order valence-electron chi connectivity index (χ2n) is 6.85. The summed E-state index contributed by atoms with van der Waals surface area (Å²) in [6.07, 6.45) is 0.463. The summed E-state index contributed by atoms with van der Waals surface area (Å²) in [6, 6.07) is 11.3. The van der Waals surface area contributed by atoms with E-state index in [1.807, 2.05) is 37.3 Å². The van der Waals surface area contributed by atoms with Crippen LogP contribution in [0, 0.1) is 0 Å². The van der Waals surface area contributed by atoms with E-state index in [0.717, 1.165) is 35.1 Å². The lowest BCUT2D eigenvalue weighted by atomic mass is 9.96. The SMILES string of the molecule is C=C(C)c1cc(-c2cccc(C(C)F)c2)c(OCCCN)cc1OCCCN. The molecule has 0 heterocycles. The molecule has 4 N–H and O–H groups in total. The van der Waals surface area contributed by atoms with E-state index in [9.17, 15) is 4.39 Å². The molecule has 5 heteroatoms. The van der Waals surface area contributed by atoms with Crippen LogP contribution >= 0.6 is 0 Å². The summed E-state index contributed by atoms with van der Waals surface area (Å²) < 4.78 is 25.8. The Morgan fingerprint density at radius 1 is 1.04 bits per heavy atom. The third-order valence-corrected chi connectivity index (χ3v) is 4.41. The highest BCUT2D eigenvalue weighted by Gasteiger charge is 2.16. The maximum atomic E-state index is 13.8. The highest BCUT2D eigenvalue weighted by Crippen LogP contribution is 2.39.